The molecule has 190 valence electrons. The summed E-state index contributed by atoms with van der Waals surface area (Å²) in [6.07, 6.45) is 11.5. The molecule has 0 saturated carbocycles. The molecule has 1 aliphatic heterocycles. The van der Waals surface area contributed by atoms with E-state index < -0.39 is 17.5 Å². The highest BCUT2D eigenvalue weighted by Crippen LogP contribution is 2.40. The largest absolute Gasteiger partial charge is 0.383 e. The molecule has 0 bridgehead atoms. The molecule has 0 spiro atoms. The number of nitrogens with one attached hydrogen (secondary N) is 2. The molecule has 5 rings (SSSR count). The van der Waals surface area contributed by atoms with Crippen molar-refractivity contribution in [2.24, 2.45) is 0 Å². The summed E-state index contributed by atoms with van der Waals surface area (Å²) in [7, 11) is 0. The third-order valence-corrected chi connectivity index (χ3v) is 7.39. The van der Waals surface area contributed by atoms with E-state index in [4.69, 9.17) is 12.2 Å². The summed E-state index contributed by atoms with van der Waals surface area (Å²) >= 11 is 1.72. The molecule has 4 aromatic rings. The Morgan fingerprint density at radius 2 is 2.00 bits per heavy atom. The Morgan fingerprint density at radius 1 is 1.13 bits per heavy atom. The van der Waals surface area contributed by atoms with Gasteiger partial charge in [-0.3, -0.25) is 4.79 Å². The number of halogens is 2. The number of pyridine rings is 1. The van der Waals surface area contributed by atoms with E-state index in [1.54, 1.807) is 17.8 Å². The Hall–Kier alpha value is -4.49. The van der Waals surface area contributed by atoms with Crippen LogP contribution >= 0.6 is 11.8 Å². The summed E-state index contributed by atoms with van der Waals surface area (Å²) in [5.74, 6) is 0.954. The van der Waals surface area contributed by atoms with E-state index in [0.29, 0.717) is 29.3 Å². The number of anilines is 2. The Morgan fingerprint density at radius 3 is 2.82 bits per heavy atom. The number of carbonyl (C=O) groups excluding carboxylic acids is 1. The normalized spacial score (nSPS) is 14.7. The Balaban J connectivity index is 1.24. The zero-order valence-corrected chi connectivity index (χ0v) is 20.9. The van der Waals surface area contributed by atoms with E-state index in [1.807, 2.05) is 18.2 Å². The number of nitrogens with zero attached hydrogens (tertiary/aromatic N) is 3. The van der Waals surface area contributed by atoms with E-state index in [-0.39, 0.29) is 17.4 Å². The lowest BCUT2D eigenvalue weighted by Gasteiger charge is -2.15. The number of rotatable bonds is 7. The van der Waals surface area contributed by atoms with Crippen molar-refractivity contribution in [2.75, 3.05) is 17.6 Å². The SMILES string of the molecule is C#Cc1cnc(NCC2CC=C(c3ccc4ncnc(N)c4c3)S2)c(C(=O)NCc2ccc(F)c(F)c2)c1. The fourth-order valence-electron chi connectivity index (χ4n) is 4.05. The monoisotopic (exact) mass is 528 g/mol. The topological polar surface area (TPSA) is 106 Å². The average Bonchev–Trinajstić information content (AvgIpc) is 3.41. The van der Waals surface area contributed by atoms with Gasteiger partial charge in [0.1, 0.15) is 18.0 Å². The molecule has 0 fully saturated rings. The number of carbonyl (C=O) groups is 1. The molecule has 1 amide bonds. The van der Waals surface area contributed by atoms with Crippen molar-refractivity contribution in [1.29, 1.82) is 0 Å². The van der Waals surface area contributed by atoms with E-state index in [2.05, 4.69) is 37.6 Å². The van der Waals surface area contributed by atoms with E-state index in [1.165, 1.54) is 18.6 Å². The second-order valence-corrected chi connectivity index (χ2v) is 9.95. The lowest BCUT2D eigenvalue weighted by atomic mass is 10.1. The first-order valence-corrected chi connectivity index (χ1v) is 12.6. The minimum Gasteiger partial charge on any atom is -0.383 e. The van der Waals surface area contributed by atoms with Crippen molar-refractivity contribution >= 4 is 45.1 Å². The zero-order valence-electron chi connectivity index (χ0n) is 20.0. The molecule has 2 aromatic heterocycles. The van der Waals surface area contributed by atoms with Gasteiger partial charge in [0.25, 0.3) is 5.91 Å². The Labute approximate surface area is 222 Å². The van der Waals surface area contributed by atoms with E-state index in [9.17, 15) is 13.6 Å². The van der Waals surface area contributed by atoms with Gasteiger partial charge in [0.2, 0.25) is 0 Å². The number of hydrogen-bond acceptors (Lipinski definition) is 7. The lowest BCUT2D eigenvalue weighted by molar-refractivity contribution is 0.0951. The number of amides is 1. The van der Waals surface area contributed by atoms with Gasteiger partial charge < -0.3 is 16.4 Å². The number of allylic oxidation sites excluding steroid dienone is 1. The minimum atomic E-state index is -0.974. The third-order valence-electron chi connectivity index (χ3n) is 6.04. The van der Waals surface area contributed by atoms with Crippen LogP contribution in [0.25, 0.3) is 15.8 Å². The van der Waals surface area contributed by atoms with Crippen LogP contribution in [-0.2, 0) is 6.54 Å². The number of terminal acetylenes is 1. The molecule has 7 nitrogen and oxygen atoms in total. The van der Waals surface area contributed by atoms with Gasteiger partial charge in [0.15, 0.2) is 11.6 Å². The summed E-state index contributed by atoms with van der Waals surface area (Å²) in [5, 5.41) is 7.00. The predicted octanol–water partition coefficient (Wildman–Crippen LogP) is 4.76. The maximum Gasteiger partial charge on any atom is 0.255 e. The van der Waals surface area contributed by atoms with Crippen molar-refractivity contribution in [3.63, 3.8) is 0 Å². The predicted molar refractivity (Wildman–Crippen MR) is 146 cm³/mol. The number of nitrogens with two attached hydrogens (primary N) is 1. The van der Waals surface area contributed by atoms with Crippen molar-refractivity contribution in [3.8, 4) is 12.3 Å². The maximum atomic E-state index is 13.5. The standard InChI is InChI=1S/C28H22F2N6OS/c1-2-16-9-21(28(37)34-13-17-3-6-22(29)23(30)10-17)27(32-12-16)33-14-19-5-8-25(38-19)18-4-7-24-20(11-18)26(31)36-15-35-24/h1,3-4,6-12,15,19H,5,13-14H2,(H,32,33)(H,34,37)(H2,31,35,36). The van der Waals surface area contributed by atoms with Gasteiger partial charge in [-0.25, -0.2) is 23.7 Å². The Kier molecular flexibility index (Phi) is 7.20. The van der Waals surface area contributed by atoms with Gasteiger partial charge in [0, 0.05) is 40.4 Å². The molecule has 1 atom stereocenters. The second kappa shape index (κ2) is 10.9. The van der Waals surface area contributed by atoms with E-state index in [0.717, 1.165) is 39.9 Å². The summed E-state index contributed by atoms with van der Waals surface area (Å²) < 4.78 is 26.7. The average molecular weight is 529 g/mol. The van der Waals surface area contributed by atoms with E-state index >= 15 is 0 Å². The highest BCUT2D eigenvalue weighted by molar-refractivity contribution is 8.09. The molecule has 38 heavy (non-hydrogen) atoms. The van der Waals surface area contributed by atoms with Gasteiger partial charge in [-0.15, -0.1) is 18.2 Å². The van der Waals surface area contributed by atoms with Crippen LogP contribution in [0.3, 0.4) is 0 Å². The maximum absolute atomic E-state index is 13.5. The molecule has 0 aliphatic carbocycles. The molecule has 3 heterocycles. The van der Waals surface area contributed by atoms with Gasteiger partial charge in [-0.1, -0.05) is 24.1 Å². The fraction of sp³-hybridized carbons (Fsp3) is 0.143. The van der Waals surface area contributed by atoms with Crippen molar-refractivity contribution in [1.82, 2.24) is 20.3 Å². The molecule has 10 heteroatoms. The molecule has 0 radical (unpaired) electrons. The number of nitrogen functional groups attached to an aromatic ring is 1. The Bertz CT molecular complexity index is 1620. The lowest BCUT2D eigenvalue weighted by Crippen LogP contribution is -2.25. The smallest absolute Gasteiger partial charge is 0.255 e. The van der Waals surface area contributed by atoms with Crippen LogP contribution in [0.4, 0.5) is 20.4 Å². The number of hydrogen-bond donors (Lipinski definition) is 3. The van der Waals surface area contributed by atoms with Crippen LogP contribution in [0.2, 0.25) is 0 Å². The molecule has 1 unspecified atom stereocenters. The highest BCUT2D eigenvalue weighted by Gasteiger charge is 2.21. The van der Waals surface area contributed by atoms with Crippen molar-refractivity contribution < 1.29 is 13.6 Å². The van der Waals surface area contributed by atoms with Crippen LogP contribution in [-0.4, -0.2) is 32.7 Å². The second-order valence-electron chi connectivity index (χ2n) is 8.61. The fourth-order valence-corrected chi connectivity index (χ4v) is 5.22. The van der Waals surface area contributed by atoms with Crippen LogP contribution in [0, 0.1) is 24.0 Å². The first kappa shape index (κ1) is 25.2. The first-order chi connectivity index (χ1) is 18.4. The van der Waals surface area contributed by atoms with Gasteiger partial charge in [0.05, 0.1) is 11.1 Å². The zero-order chi connectivity index (χ0) is 26.6. The number of fused-ring (bicyclic) bond motifs is 1. The number of thioether (sulfide) groups is 1. The third kappa shape index (κ3) is 5.43. The summed E-state index contributed by atoms with van der Waals surface area (Å²) in [6.45, 7) is 0.568. The van der Waals surface area contributed by atoms with Gasteiger partial charge in [-0.05, 0) is 47.9 Å². The van der Waals surface area contributed by atoms with Crippen LogP contribution in [0.15, 0.2) is 61.1 Å². The van der Waals surface area contributed by atoms with Gasteiger partial charge in [-0.2, -0.15) is 0 Å². The van der Waals surface area contributed by atoms with Crippen molar-refractivity contribution in [3.05, 3.63) is 95.0 Å². The summed E-state index contributed by atoms with van der Waals surface area (Å²) in [4.78, 5) is 26.8. The molecular formula is C28H22F2N6OS. The molecule has 0 saturated heterocycles. The number of benzene rings is 2. The highest BCUT2D eigenvalue weighted by atomic mass is 32.2. The molecular weight excluding hydrogens is 506 g/mol. The molecule has 4 N–H and O–H groups in total. The first-order valence-electron chi connectivity index (χ1n) is 11.7. The van der Waals surface area contributed by atoms with Crippen LogP contribution < -0.4 is 16.4 Å². The summed E-state index contributed by atoms with van der Waals surface area (Å²) in [5.41, 5.74) is 9.00. The summed E-state index contributed by atoms with van der Waals surface area (Å²) in [6, 6.07) is 11.0. The molecule has 2 aromatic carbocycles. The number of aromatic nitrogens is 3. The van der Waals surface area contributed by atoms with Crippen LogP contribution in [0.5, 0.6) is 0 Å². The quantitative estimate of drug-likeness (QED) is 0.297. The van der Waals surface area contributed by atoms with Gasteiger partial charge >= 0.3 is 0 Å². The molecule has 1 aliphatic rings. The van der Waals surface area contributed by atoms with Crippen molar-refractivity contribution in [2.45, 2.75) is 18.2 Å². The minimum absolute atomic E-state index is 0.0167. The van der Waals surface area contributed by atoms with Crippen LogP contribution in [0.1, 0.15) is 33.5 Å².